The molecule has 5 heteroatoms. The molecule has 0 spiro atoms. The van der Waals surface area contributed by atoms with E-state index in [1.165, 1.54) is 6.07 Å². The summed E-state index contributed by atoms with van der Waals surface area (Å²) < 4.78 is 9.95. The van der Waals surface area contributed by atoms with Gasteiger partial charge in [-0.25, -0.2) is 9.78 Å². The Morgan fingerprint density at radius 1 is 1.41 bits per heavy atom. The van der Waals surface area contributed by atoms with Crippen LogP contribution in [0.15, 0.2) is 22.6 Å². The Hall–Kier alpha value is -2.17. The molecule has 0 aliphatic carbocycles. The predicted octanol–water partition coefficient (Wildman–Crippen LogP) is 1.88. The van der Waals surface area contributed by atoms with E-state index in [-0.39, 0.29) is 12.2 Å². The van der Waals surface area contributed by atoms with Gasteiger partial charge in [-0.1, -0.05) is 6.07 Å². The summed E-state index contributed by atoms with van der Waals surface area (Å²) in [5.74, 6) is -1.13. The van der Waals surface area contributed by atoms with E-state index in [0.717, 1.165) is 0 Å². The number of carbonyl (C=O) groups is 2. The summed E-state index contributed by atoms with van der Waals surface area (Å²) in [4.78, 5) is 27.2. The number of hydrogen-bond donors (Lipinski definition) is 0. The first-order chi connectivity index (χ1) is 8.13. The molecule has 0 aliphatic rings. The van der Waals surface area contributed by atoms with Gasteiger partial charge in [0.1, 0.15) is 5.52 Å². The van der Waals surface area contributed by atoms with Crippen molar-refractivity contribution in [2.75, 3.05) is 6.61 Å². The molecule has 0 saturated carbocycles. The van der Waals surface area contributed by atoms with Gasteiger partial charge in [-0.3, -0.25) is 4.79 Å². The second-order valence-electron chi connectivity index (χ2n) is 3.43. The summed E-state index contributed by atoms with van der Waals surface area (Å²) in [7, 11) is 0. The van der Waals surface area contributed by atoms with Crippen LogP contribution in [0.4, 0.5) is 0 Å². The van der Waals surface area contributed by atoms with Gasteiger partial charge in [-0.2, -0.15) is 0 Å². The van der Waals surface area contributed by atoms with E-state index in [9.17, 15) is 9.59 Å². The van der Waals surface area contributed by atoms with Crippen molar-refractivity contribution >= 4 is 22.9 Å². The predicted molar refractivity (Wildman–Crippen MR) is 59.7 cm³/mol. The molecule has 1 heterocycles. The minimum atomic E-state index is -0.874. The van der Waals surface area contributed by atoms with Gasteiger partial charge in [-0.05, 0) is 19.1 Å². The summed E-state index contributed by atoms with van der Waals surface area (Å²) in [6.07, 6.45) is 0. The third-order valence-corrected chi connectivity index (χ3v) is 2.23. The van der Waals surface area contributed by atoms with E-state index < -0.39 is 11.8 Å². The van der Waals surface area contributed by atoms with Gasteiger partial charge in [0.25, 0.3) is 5.78 Å². The van der Waals surface area contributed by atoms with E-state index in [0.29, 0.717) is 17.0 Å². The van der Waals surface area contributed by atoms with Crippen LogP contribution in [0.1, 0.15) is 23.2 Å². The van der Waals surface area contributed by atoms with Crippen LogP contribution in [-0.4, -0.2) is 23.3 Å². The van der Waals surface area contributed by atoms with E-state index >= 15 is 0 Å². The summed E-state index contributed by atoms with van der Waals surface area (Å²) >= 11 is 0. The average Bonchev–Trinajstić information content (AvgIpc) is 2.68. The molecule has 0 atom stereocenters. The zero-order chi connectivity index (χ0) is 12.4. The van der Waals surface area contributed by atoms with Crippen LogP contribution in [0.2, 0.25) is 0 Å². The number of hydrogen-bond acceptors (Lipinski definition) is 5. The number of esters is 1. The van der Waals surface area contributed by atoms with Crippen molar-refractivity contribution in [2.24, 2.45) is 0 Å². The molecule has 17 heavy (non-hydrogen) atoms. The lowest BCUT2D eigenvalue weighted by molar-refractivity contribution is -0.137. The third-order valence-electron chi connectivity index (χ3n) is 2.23. The fraction of sp³-hybridized carbons (Fsp3) is 0.250. The number of rotatable bonds is 3. The molecule has 88 valence electrons. The Bertz CT molecular complexity index is 585. The summed E-state index contributed by atoms with van der Waals surface area (Å²) in [5, 5.41) is 0. The van der Waals surface area contributed by atoms with Crippen molar-refractivity contribution in [3.63, 3.8) is 0 Å². The van der Waals surface area contributed by atoms with E-state index in [1.54, 1.807) is 26.0 Å². The molecule has 1 aromatic carbocycles. The Morgan fingerprint density at radius 2 is 2.18 bits per heavy atom. The van der Waals surface area contributed by atoms with Crippen LogP contribution in [0.5, 0.6) is 0 Å². The maximum atomic E-state index is 11.8. The molecule has 0 saturated heterocycles. The van der Waals surface area contributed by atoms with Gasteiger partial charge < -0.3 is 9.15 Å². The number of carbonyl (C=O) groups excluding carboxylic acids is 2. The summed E-state index contributed by atoms with van der Waals surface area (Å²) in [6.45, 7) is 3.49. The Kier molecular flexibility index (Phi) is 2.91. The third kappa shape index (κ3) is 2.04. The van der Waals surface area contributed by atoms with Gasteiger partial charge >= 0.3 is 5.97 Å². The second-order valence-corrected chi connectivity index (χ2v) is 3.43. The second kappa shape index (κ2) is 4.37. The molecule has 0 radical (unpaired) electrons. The topological polar surface area (TPSA) is 69.4 Å². The maximum absolute atomic E-state index is 11.8. The van der Waals surface area contributed by atoms with Crippen molar-refractivity contribution in [3.05, 3.63) is 29.7 Å². The fourth-order valence-electron chi connectivity index (χ4n) is 1.55. The number of ether oxygens (including phenoxy) is 1. The largest absolute Gasteiger partial charge is 0.460 e. The van der Waals surface area contributed by atoms with Gasteiger partial charge in [0, 0.05) is 6.92 Å². The molecule has 5 nitrogen and oxygen atoms in total. The Balaban J connectivity index is 2.48. The first-order valence-electron chi connectivity index (χ1n) is 5.21. The van der Waals surface area contributed by atoms with E-state index in [2.05, 4.69) is 9.72 Å². The lowest BCUT2D eigenvalue weighted by Gasteiger charge is -2.00. The minimum absolute atomic E-state index is 0.165. The molecule has 0 amide bonds. The Labute approximate surface area is 97.4 Å². The lowest BCUT2D eigenvalue weighted by Crippen LogP contribution is -2.17. The highest BCUT2D eigenvalue weighted by atomic mass is 16.5. The zero-order valence-electron chi connectivity index (χ0n) is 9.52. The molecule has 0 N–H and O–H groups in total. The minimum Gasteiger partial charge on any atom is -0.460 e. The first-order valence-corrected chi connectivity index (χ1v) is 5.21. The van der Waals surface area contributed by atoms with Gasteiger partial charge in [0.05, 0.1) is 12.2 Å². The van der Waals surface area contributed by atoms with E-state index in [1.807, 2.05) is 0 Å². The van der Waals surface area contributed by atoms with Crippen LogP contribution in [-0.2, 0) is 9.53 Å². The summed E-state index contributed by atoms with van der Waals surface area (Å²) in [5.41, 5.74) is 1.08. The number of nitrogens with zero attached hydrogens (tertiary/aromatic N) is 1. The highest BCUT2D eigenvalue weighted by molar-refractivity contribution is 6.42. The van der Waals surface area contributed by atoms with Crippen LogP contribution < -0.4 is 0 Å². The molecular weight excluding hydrogens is 222 g/mol. The van der Waals surface area contributed by atoms with Gasteiger partial charge in [0.2, 0.25) is 0 Å². The molecule has 0 aliphatic heterocycles. The molecule has 1 aromatic heterocycles. The number of benzene rings is 1. The van der Waals surface area contributed by atoms with Crippen LogP contribution in [0.25, 0.3) is 11.1 Å². The lowest BCUT2D eigenvalue weighted by atomic mass is 10.1. The number of fused-ring (bicyclic) bond motifs is 1. The number of oxazole rings is 1. The molecular formula is C12H11NO4. The van der Waals surface area contributed by atoms with Crippen molar-refractivity contribution in [1.29, 1.82) is 0 Å². The summed E-state index contributed by atoms with van der Waals surface area (Å²) in [6, 6.07) is 4.86. The monoisotopic (exact) mass is 233 g/mol. The van der Waals surface area contributed by atoms with Crippen molar-refractivity contribution < 1.29 is 18.7 Å². The average molecular weight is 233 g/mol. The van der Waals surface area contributed by atoms with Crippen molar-refractivity contribution in [3.8, 4) is 0 Å². The zero-order valence-corrected chi connectivity index (χ0v) is 9.52. The van der Waals surface area contributed by atoms with Crippen molar-refractivity contribution in [1.82, 2.24) is 4.98 Å². The molecule has 0 unspecified atom stereocenters. The number of Topliss-reactive ketones (excluding diaryl/α,β-unsaturated/α-hetero) is 1. The highest BCUT2D eigenvalue weighted by Crippen LogP contribution is 2.19. The first kappa shape index (κ1) is 11.3. The normalized spacial score (nSPS) is 10.5. The molecule has 2 rings (SSSR count). The highest BCUT2D eigenvalue weighted by Gasteiger charge is 2.21. The van der Waals surface area contributed by atoms with Gasteiger partial charge in [-0.15, -0.1) is 0 Å². The SMILES string of the molecule is CCOC(=O)C(=O)c1cccc2oc(C)nc12. The quantitative estimate of drug-likeness (QED) is 0.460. The number of aromatic nitrogens is 1. The van der Waals surface area contributed by atoms with Crippen LogP contribution in [0.3, 0.4) is 0 Å². The maximum Gasteiger partial charge on any atom is 0.379 e. The number of aryl methyl sites for hydroxylation is 1. The standard InChI is InChI=1S/C12H11NO4/c1-3-16-12(15)11(14)8-5-4-6-9-10(8)13-7(2)17-9/h4-6H,3H2,1-2H3. The fourth-order valence-corrected chi connectivity index (χ4v) is 1.55. The number of para-hydroxylation sites is 1. The molecule has 0 bridgehead atoms. The Morgan fingerprint density at radius 3 is 2.88 bits per heavy atom. The van der Waals surface area contributed by atoms with Crippen LogP contribution in [0, 0.1) is 6.92 Å². The van der Waals surface area contributed by atoms with E-state index in [4.69, 9.17) is 4.42 Å². The molecule has 2 aromatic rings. The van der Waals surface area contributed by atoms with Crippen LogP contribution >= 0.6 is 0 Å². The molecule has 0 fully saturated rings. The smallest absolute Gasteiger partial charge is 0.379 e. The van der Waals surface area contributed by atoms with Gasteiger partial charge in [0.15, 0.2) is 11.5 Å². The van der Waals surface area contributed by atoms with Crippen molar-refractivity contribution in [2.45, 2.75) is 13.8 Å². The number of ketones is 1.